The van der Waals surface area contributed by atoms with Crippen LogP contribution in [0.4, 0.5) is 18.0 Å². The summed E-state index contributed by atoms with van der Waals surface area (Å²) in [5, 5.41) is 2.16. The third-order valence-electron chi connectivity index (χ3n) is 1.22. The number of rotatable bonds is 3. The lowest BCUT2D eigenvalue weighted by Crippen LogP contribution is -2.33. The molecule has 0 aromatic heterocycles. The van der Waals surface area contributed by atoms with E-state index in [-0.39, 0.29) is 6.54 Å². The van der Waals surface area contributed by atoms with Crippen molar-refractivity contribution in [3.63, 3.8) is 0 Å². The summed E-state index contributed by atoms with van der Waals surface area (Å²) in [6.07, 6.45) is -3.66. The second kappa shape index (κ2) is 5.63. The number of hydrogen-bond acceptors (Lipinski definition) is 2. The van der Waals surface area contributed by atoms with Crippen LogP contribution in [-0.2, 0) is 4.74 Å². The fourth-order valence-electron chi connectivity index (χ4n) is 0.683. The highest BCUT2D eigenvalue weighted by atomic mass is 19.3. The molecule has 88 valence electrons. The van der Waals surface area contributed by atoms with Crippen LogP contribution in [0.5, 0.6) is 0 Å². The fraction of sp³-hybridized carbons (Fsp3) is 0.667. The van der Waals surface area contributed by atoms with Gasteiger partial charge in [-0.3, -0.25) is 0 Å². The lowest BCUT2D eigenvalue weighted by Gasteiger charge is -2.19. The molecule has 0 aromatic rings. The van der Waals surface area contributed by atoms with Gasteiger partial charge in [0.2, 0.25) is 0 Å². The smallest absolute Gasteiger partial charge is 0.407 e. The molecule has 0 aliphatic rings. The topological polar surface area (TPSA) is 38.3 Å². The van der Waals surface area contributed by atoms with Gasteiger partial charge in [0.1, 0.15) is 5.60 Å². The van der Waals surface area contributed by atoms with E-state index in [1.807, 2.05) is 0 Å². The van der Waals surface area contributed by atoms with Crippen LogP contribution in [0, 0.1) is 0 Å². The van der Waals surface area contributed by atoms with E-state index in [0.717, 1.165) is 0 Å². The lowest BCUT2D eigenvalue weighted by molar-refractivity contribution is 0.0527. The van der Waals surface area contributed by atoms with Crippen molar-refractivity contribution in [1.29, 1.82) is 0 Å². The standard InChI is InChI=1S/C9H14F3NO2/c1-9(2,3)15-8(14)13-5-4-6(10)7(11)12/h4-5H2,1-3H3,(H,13,14). The number of carbonyl (C=O) groups excluding carboxylic acids is 1. The molecule has 1 N–H and O–H groups in total. The van der Waals surface area contributed by atoms with Gasteiger partial charge in [-0.2, -0.15) is 8.78 Å². The summed E-state index contributed by atoms with van der Waals surface area (Å²) in [4.78, 5) is 11.0. The van der Waals surface area contributed by atoms with Gasteiger partial charge in [-0.05, 0) is 20.8 Å². The molecular weight excluding hydrogens is 211 g/mol. The Bertz CT molecular complexity index is 255. The molecule has 6 heteroatoms. The van der Waals surface area contributed by atoms with E-state index in [1.54, 1.807) is 20.8 Å². The number of alkyl carbamates (subject to hydrolysis) is 1. The van der Waals surface area contributed by atoms with E-state index in [0.29, 0.717) is 0 Å². The third kappa shape index (κ3) is 7.84. The molecule has 1 amide bonds. The lowest BCUT2D eigenvalue weighted by atomic mass is 10.2. The molecule has 0 heterocycles. The highest BCUT2D eigenvalue weighted by Crippen LogP contribution is 2.12. The zero-order valence-corrected chi connectivity index (χ0v) is 8.86. The molecule has 0 aromatic carbocycles. The molecule has 0 atom stereocenters. The maximum atomic E-state index is 12.3. The van der Waals surface area contributed by atoms with Crippen LogP contribution in [0.1, 0.15) is 27.2 Å². The first-order valence-corrected chi connectivity index (χ1v) is 4.39. The Morgan fingerprint density at radius 2 is 1.80 bits per heavy atom. The minimum Gasteiger partial charge on any atom is -0.444 e. The Morgan fingerprint density at radius 1 is 1.27 bits per heavy atom. The first kappa shape index (κ1) is 13.8. The van der Waals surface area contributed by atoms with E-state index in [4.69, 9.17) is 4.74 Å². The number of ether oxygens (including phenoxy) is 1. The molecular formula is C9H14F3NO2. The zero-order valence-electron chi connectivity index (χ0n) is 8.86. The van der Waals surface area contributed by atoms with Crippen molar-refractivity contribution in [2.24, 2.45) is 0 Å². The van der Waals surface area contributed by atoms with Gasteiger partial charge in [-0.25, -0.2) is 9.18 Å². The first-order valence-electron chi connectivity index (χ1n) is 4.39. The summed E-state index contributed by atoms with van der Waals surface area (Å²) >= 11 is 0. The average molecular weight is 225 g/mol. The van der Waals surface area contributed by atoms with E-state index in [1.165, 1.54) is 0 Å². The number of halogens is 3. The Hall–Kier alpha value is -1.20. The minimum atomic E-state index is -2.36. The maximum Gasteiger partial charge on any atom is 0.407 e. The number of carbonyl (C=O) groups is 1. The molecule has 0 radical (unpaired) electrons. The van der Waals surface area contributed by atoms with Gasteiger partial charge < -0.3 is 10.1 Å². The predicted molar refractivity (Wildman–Crippen MR) is 49.2 cm³/mol. The summed E-state index contributed by atoms with van der Waals surface area (Å²) in [5.41, 5.74) is -0.663. The molecule has 0 saturated carbocycles. The second-order valence-corrected chi connectivity index (χ2v) is 3.84. The number of amides is 1. The largest absolute Gasteiger partial charge is 0.444 e. The van der Waals surface area contributed by atoms with Crippen molar-refractivity contribution < 1.29 is 22.7 Å². The van der Waals surface area contributed by atoms with E-state index < -0.39 is 30.0 Å². The predicted octanol–water partition coefficient (Wildman–Crippen LogP) is 2.98. The Balaban J connectivity index is 3.80. The van der Waals surface area contributed by atoms with Gasteiger partial charge in [0, 0.05) is 13.0 Å². The van der Waals surface area contributed by atoms with Crippen molar-refractivity contribution in [1.82, 2.24) is 5.32 Å². The van der Waals surface area contributed by atoms with Crippen molar-refractivity contribution in [2.75, 3.05) is 6.54 Å². The summed E-state index contributed by atoms with van der Waals surface area (Å²) in [6, 6.07) is 0. The van der Waals surface area contributed by atoms with Crippen LogP contribution in [-0.4, -0.2) is 18.2 Å². The number of hydrogen-bond donors (Lipinski definition) is 1. The summed E-state index contributed by atoms with van der Waals surface area (Å²) in [7, 11) is 0. The van der Waals surface area contributed by atoms with Crippen LogP contribution in [0.3, 0.4) is 0 Å². The van der Waals surface area contributed by atoms with Crippen molar-refractivity contribution in [2.45, 2.75) is 32.8 Å². The normalized spacial score (nSPS) is 10.8. The summed E-state index contributed by atoms with van der Waals surface area (Å²) < 4.78 is 40.2. The monoisotopic (exact) mass is 225 g/mol. The molecule has 0 unspecified atom stereocenters. The third-order valence-corrected chi connectivity index (χ3v) is 1.22. The quantitative estimate of drug-likeness (QED) is 0.801. The molecule has 0 fully saturated rings. The molecule has 0 aliphatic carbocycles. The highest BCUT2D eigenvalue weighted by Gasteiger charge is 2.15. The summed E-state index contributed by atoms with van der Waals surface area (Å²) in [5.74, 6) is -1.52. The number of nitrogens with one attached hydrogen (secondary N) is 1. The second-order valence-electron chi connectivity index (χ2n) is 3.84. The van der Waals surface area contributed by atoms with Gasteiger partial charge in [0.05, 0.1) is 0 Å². The molecule has 3 nitrogen and oxygen atoms in total. The van der Waals surface area contributed by atoms with Crippen LogP contribution < -0.4 is 5.32 Å². The van der Waals surface area contributed by atoms with Crippen LogP contribution in [0.2, 0.25) is 0 Å². The maximum absolute atomic E-state index is 12.3. The van der Waals surface area contributed by atoms with Crippen molar-refractivity contribution in [3.8, 4) is 0 Å². The Labute approximate surface area is 86.3 Å². The van der Waals surface area contributed by atoms with Crippen LogP contribution >= 0.6 is 0 Å². The van der Waals surface area contributed by atoms with Crippen LogP contribution in [0.15, 0.2) is 11.9 Å². The molecule has 0 spiro atoms. The Kier molecular flexibility index (Phi) is 5.18. The first-order chi connectivity index (χ1) is 6.72. The van der Waals surface area contributed by atoms with Gasteiger partial charge >= 0.3 is 12.2 Å². The molecule has 0 bridgehead atoms. The van der Waals surface area contributed by atoms with Gasteiger partial charge in [-0.15, -0.1) is 0 Å². The van der Waals surface area contributed by atoms with Crippen molar-refractivity contribution >= 4 is 6.09 Å². The molecule has 0 saturated heterocycles. The molecule has 0 rings (SSSR count). The SMILES string of the molecule is CC(C)(C)OC(=O)NCCC(F)=C(F)F. The van der Waals surface area contributed by atoms with E-state index >= 15 is 0 Å². The minimum absolute atomic E-state index is 0.224. The fourth-order valence-corrected chi connectivity index (χ4v) is 0.683. The van der Waals surface area contributed by atoms with E-state index in [2.05, 4.69) is 5.32 Å². The Morgan fingerprint density at radius 3 is 2.20 bits per heavy atom. The van der Waals surface area contributed by atoms with E-state index in [9.17, 15) is 18.0 Å². The van der Waals surface area contributed by atoms with Gasteiger partial charge in [0.15, 0.2) is 5.83 Å². The van der Waals surface area contributed by atoms with Gasteiger partial charge in [-0.1, -0.05) is 0 Å². The summed E-state index contributed by atoms with van der Waals surface area (Å²) in [6.45, 7) is 4.76. The average Bonchev–Trinajstić information content (AvgIpc) is 2.00. The van der Waals surface area contributed by atoms with Gasteiger partial charge in [0.25, 0.3) is 0 Å². The molecule has 15 heavy (non-hydrogen) atoms. The van der Waals surface area contributed by atoms with Crippen molar-refractivity contribution in [3.05, 3.63) is 11.9 Å². The zero-order chi connectivity index (χ0) is 12.1. The highest BCUT2D eigenvalue weighted by molar-refractivity contribution is 5.67. The van der Waals surface area contributed by atoms with Crippen LogP contribution in [0.25, 0.3) is 0 Å². The molecule has 0 aliphatic heterocycles.